The number of hydrogen-bond acceptors (Lipinski definition) is 5. The number of benzene rings is 2. The van der Waals surface area contributed by atoms with E-state index in [2.05, 4.69) is 69.8 Å². The third-order valence-electron chi connectivity index (χ3n) is 4.99. The zero-order valence-electron chi connectivity index (χ0n) is 16.1. The van der Waals surface area contributed by atoms with Crippen LogP contribution in [0.4, 0.5) is 5.13 Å². The molecule has 2 aromatic carbocycles. The lowest BCUT2D eigenvalue weighted by molar-refractivity contribution is 0.284. The quantitative estimate of drug-likeness (QED) is 0.611. The van der Waals surface area contributed by atoms with Gasteiger partial charge in [-0.25, -0.2) is 4.98 Å². The molecule has 0 amide bonds. The molecule has 1 aliphatic heterocycles. The monoisotopic (exact) mass is 391 g/mol. The highest BCUT2D eigenvalue weighted by molar-refractivity contribution is 7.14. The van der Waals surface area contributed by atoms with Crippen LogP contribution in [0, 0.1) is 0 Å². The first-order valence-electron chi connectivity index (χ1n) is 9.61. The summed E-state index contributed by atoms with van der Waals surface area (Å²) in [6.45, 7) is 5.17. The summed E-state index contributed by atoms with van der Waals surface area (Å²) in [7, 11) is 1.69. The second-order valence-electron chi connectivity index (χ2n) is 6.84. The summed E-state index contributed by atoms with van der Waals surface area (Å²) in [5.74, 6) is 0.872. The molecule has 0 unspecified atom stereocenters. The standard InChI is InChI=1S/C23H25N3OS/c1-27-21-11-9-20(10-12-21)22-18-28-23(24-22)26-16-14-25(15-17-26)13-5-8-19-6-3-2-4-7-19/h2-12,18H,13-17H2,1H3/b8-5+. The number of methoxy groups -OCH3 is 1. The fraction of sp³-hybridized carbons (Fsp3) is 0.261. The Morgan fingerprint density at radius 2 is 1.75 bits per heavy atom. The van der Waals surface area contributed by atoms with E-state index in [9.17, 15) is 0 Å². The predicted octanol–water partition coefficient (Wildman–Crippen LogP) is 4.65. The first-order chi connectivity index (χ1) is 13.8. The van der Waals surface area contributed by atoms with Gasteiger partial charge in [0.1, 0.15) is 5.75 Å². The lowest BCUT2D eigenvalue weighted by atomic mass is 10.2. The van der Waals surface area contributed by atoms with Gasteiger partial charge in [-0.15, -0.1) is 11.3 Å². The van der Waals surface area contributed by atoms with Crippen molar-refractivity contribution in [1.82, 2.24) is 9.88 Å². The van der Waals surface area contributed by atoms with Crippen LogP contribution in [0.5, 0.6) is 5.75 Å². The first kappa shape index (κ1) is 18.7. The highest BCUT2D eigenvalue weighted by Crippen LogP contribution is 2.29. The van der Waals surface area contributed by atoms with Crippen molar-refractivity contribution in [3.63, 3.8) is 0 Å². The molecule has 0 spiro atoms. The van der Waals surface area contributed by atoms with Crippen molar-refractivity contribution >= 4 is 22.5 Å². The van der Waals surface area contributed by atoms with Crippen molar-refractivity contribution in [1.29, 1.82) is 0 Å². The third kappa shape index (κ3) is 4.61. The second-order valence-corrected chi connectivity index (χ2v) is 7.68. The van der Waals surface area contributed by atoms with E-state index in [-0.39, 0.29) is 0 Å². The Balaban J connectivity index is 1.30. The van der Waals surface area contributed by atoms with Gasteiger partial charge in [0.05, 0.1) is 12.8 Å². The molecule has 2 heterocycles. The van der Waals surface area contributed by atoms with Gasteiger partial charge in [-0.1, -0.05) is 42.5 Å². The van der Waals surface area contributed by atoms with Gasteiger partial charge < -0.3 is 9.64 Å². The molecule has 0 radical (unpaired) electrons. The zero-order valence-corrected chi connectivity index (χ0v) is 16.9. The highest BCUT2D eigenvalue weighted by Gasteiger charge is 2.19. The number of rotatable bonds is 6. The maximum atomic E-state index is 5.23. The summed E-state index contributed by atoms with van der Waals surface area (Å²) < 4.78 is 5.23. The summed E-state index contributed by atoms with van der Waals surface area (Å²) in [4.78, 5) is 9.75. The van der Waals surface area contributed by atoms with Crippen molar-refractivity contribution in [2.45, 2.75) is 0 Å². The lowest BCUT2D eigenvalue weighted by Gasteiger charge is -2.33. The number of hydrogen-bond donors (Lipinski definition) is 0. The van der Waals surface area contributed by atoms with Crippen molar-refractivity contribution in [3.8, 4) is 17.0 Å². The minimum atomic E-state index is 0.872. The Morgan fingerprint density at radius 3 is 2.46 bits per heavy atom. The van der Waals surface area contributed by atoms with Gasteiger partial charge in [0.25, 0.3) is 0 Å². The molecule has 0 saturated carbocycles. The Morgan fingerprint density at radius 1 is 1.00 bits per heavy atom. The Labute approximate surface area is 170 Å². The van der Waals surface area contributed by atoms with E-state index in [0.29, 0.717) is 0 Å². The molecule has 0 atom stereocenters. The molecule has 0 aliphatic carbocycles. The van der Waals surface area contributed by atoms with Gasteiger partial charge in [0, 0.05) is 43.7 Å². The smallest absolute Gasteiger partial charge is 0.185 e. The molecule has 144 valence electrons. The second kappa shape index (κ2) is 9.04. The number of thiazole rings is 1. The van der Waals surface area contributed by atoms with Gasteiger partial charge in [0.2, 0.25) is 0 Å². The molecular weight excluding hydrogens is 366 g/mol. The Bertz CT molecular complexity index is 897. The number of aromatic nitrogens is 1. The van der Waals surface area contributed by atoms with E-state index in [4.69, 9.17) is 9.72 Å². The molecule has 1 fully saturated rings. The summed E-state index contributed by atoms with van der Waals surface area (Å²) in [5.41, 5.74) is 3.43. The average Bonchev–Trinajstić information content (AvgIpc) is 3.25. The summed E-state index contributed by atoms with van der Waals surface area (Å²) in [5, 5.41) is 3.26. The topological polar surface area (TPSA) is 28.6 Å². The molecule has 1 saturated heterocycles. The molecule has 4 nitrogen and oxygen atoms in total. The van der Waals surface area contributed by atoms with E-state index < -0.39 is 0 Å². The van der Waals surface area contributed by atoms with Crippen LogP contribution in [0.2, 0.25) is 0 Å². The summed E-state index contributed by atoms with van der Waals surface area (Å²) >= 11 is 1.73. The molecule has 1 aromatic heterocycles. The van der Waals surface area contributed by atoms with E-state index in [1.807, 2.05) is 12.1 Å². The van der Waals surface area contributed by atoms with Gasteiger partial charge in [0.15, 0.2) is 5.13 Å². The minimum absolute atomic E-state index is 0.872. The van der Waals surface area contributed by atoms with Crippen LogP contribution >= 0.6 is 11.3 Å². The average molecular weight is 392 g/mol. The van der Waals surface area contributed by atoms with E-state index in [1.54, 1.807) is 18.4 Å². The van der Waals surface area contributed by atoms with E-state index in [1.165, 1.54) is 5.56 Å². The molecule has 28 heavy (non-hydrogen) atoms. The molecule has 4 rings (SSSR count). The molecule has 0 bridgehead atoms. The lowest BCUT2D eigenvalue weighted by Crippen LogP contribution is -2.46. The third-order valence-corrected chi connectivity index (χ3v) is 5.90. The van der Waals surface area contributed by atoms with E-state index >= 15 is 0 Å². The Kier molecular flexibility index (Phi) is 6.04. The number of ether oxygens (including phenoxy) is 1. The molecule has 1 aliphatic rings. The van der Waals surface area contributed by atoms with Gasteiger partial charge in [-0.05, 0) is 29.8 Å². The van der Waals surface area contributed by atoms with Crippen molar-refractivity contribution in [3.05, 3.63) is 71.6 Å². The summed E-state index contributed by atoms with van der Waals surface area (Å²) in [6, 6.07) is 18.6. The predicted molar refractivity (Wildman–Crippen MR) is 118 cm³/mol. The van der Waals surface area contributed by atoms with Crippen LogP contribution in [-0.2, 0) is 0 Å². The fourth-order valence-electron chi connectivity index (χ4n) is 3.33. The van der Waals surface area contributed by atoms with Crippen LogP contribution in [0.1, 0.15) is 5.56 Å². The van der Waals surface area contributed by atoms with Gasteiger partial charge in [-0.2, -0.15) is 0 Å². The maximum absolute atomic E-state index is 5.23. The normalized spacial score (nSPS) is 15.2. The highest BCUT2D eigenvalue weighted by atomic mass is 32.1. The van der Waals surface area contributed by atoms with Crippen molar-refractivity contribution in [2.24, 2.45) is 0 Å². The Hall–Kier alpha value is -2.63. The number of nitrogens with zero attached hydrogens (tertiary/aromatic N) is 3. The molecule has 5 heteroatoms. The molecular formula is C23H25N3OS. The number of piperazine rings is 1. The zero-order chi connectivity index (χ0) is 19.2. The maximum Gasteiger partial charge on any atom is 0.185 e. The SMILES string of the molecule is COc1ccc(-c2csc(N3CCN(C/C=C/c4ccccc4)CC3)n2)cc1. The van der Waals surface area contributed by atoms with Crippen molar-refractivity contribution in [2.75, 3.05) is 44.7 Å². The largest absolute Gasteiger partial charge is 0.497 e. The van der Waals surface area contributed by atoms with E-state index in [0.717, 1.165) is 54.9 Å². The first-order valence-corrected chi connectivity index (χ1v) is 10.5. The van der Waals surface area contributed by atoms with Gasteiger partial charge >= 0.3 is 0 Å². The minimum Gasteiger partial charge on any atom is -0.497 e. The molecule has 0 N–H and O–H groups in total. The van der Waals surface area contributed by atoms with Gasteiger partial charge in [-0.3, -0.25) is 4.90 Å². The van der Waals surface area contributed by atoms with Crippen LogP contribution in [-0.4, -0.2) is 49.7 Å². The fourth-order valence-corrected chi connectivity index (χ4v) is 4.22. The summed E-state index contributed by atoms with van der Waals surface area (Å²) in [6.07, 6.45) is 4.46. The van der Waals surface area contributed by atoms with Crippen molar-refractivity contribution < 1.29 is 4.74 Å². The van der Waals surface area contributed by atoms with Crippen LogP contribution in [0.15, 0.2) is 66.1 Å². The molecule has 3 aromatic rings. The van der Waals surface area contributed by atoms with Crippen LogP contribution < -0.4 is 9.64 Å². The van der Waals surface area contributed by atoms with Crippen LogP contribution in [0.3, 0.4) is 0 Å². The number of anilines is 1. The van der Waals surface area contributed by atoms with Crippen LogP contribution in [0.25, 0.3) is 17.3 Å².